The Morgan fingerprint density at radius 1 is 1.22 bits per heavy atom. The van der Waals surface area contributed by atoms with Crippen molar-refractivity contribution in [2.75, 3.05) is 18.8 Å². The zero-order chi connectivity index (χ0) is 13.0. The number of rotatable bonds is 5. The van der Waals surface area contributed by atoms with E-state index in [9.17, 15) is 0 Å². The lowest BCUT2D eigenvalue weighted by molar-refractivity contribution is 0.278. The van der Waals surface area contributed by atoms with Crippen LogP contribution < -0.4 is 5.73 Å². The number of hydrogen-bond donors (Lipinski definition) is 1. The van der Waals surface area contributed by atoms with E-state index in [1.165, 1.54) is 0 Å². The zero-order valence-corrected chi connectivity index (χ0v) is 11.2. The van der Waals surface area contributed by atoms with Crippen molar-refractivity contribution in [1.29, 1.82) is 0 Å². The molecule has 0 amide bonds. The molecule has 2 rings (SSSR count). The molecule has 18 heavy (non-hydrogen) atoms. The van der Waals surface area contributed by atoms with Crippen LogP contribution in [-0.2, 0) is 6.54 Å². The number of pyridine rings is 1. The third kappa shape index (κ3) is 2.79. The molecule has 0 unspecified atom stereocenters. The molecule has 0 saturated carbocycles. The summed E-state index contributed by atoms with van der Waals surface area (Å²) < 4.78 is 0. The van der Waals surface area contributed by atoms with Crippen molar-refractivity contribution < 1.29 is 0 Å². The Hall–Kier alpha value is -1.61. The molecule has 0 radical (unpaired) electrons. The van der Waals surface area contributed by atoms with Crippen molar-refractivity contribution in [2.24, 2.45) is 0 Å². The fourth-order valence-electron chi connectivity index (χ4n) is 2.23. The normalized spacial score (nSPS) is 11.3. The van der Waals surface area contributed by atoms with Gasteiger partial charge < -0.3 is 5.73 Å². The Labute approximate surface area is 109 Å². The summed E-state index contributed by atoms with van der Waals surface area (Å²) in [6.07, 6.45) is 1.16. The number of para-hydroxylation sites is 1. The molecule has 3 heteroatoms. The number of nitrogen functional groups attached to an aromatic ring is 1. The van der Waals surface area contributed by atoms with Gasteiger partial charge in [0, 0.05) is 17.6 Å². The molecule has 0 saturated heterocycles. The van der Waals surface area contributed by atoms with Crippen LogP contribution in [0.25, 0.3) is 10.9 Å². The van der Waals surface area contributed by atoms with E-state index in [0.29, 0.717) is 0 Å². The monoisotopic (exact) mass is 243 g/mol. The van der Waals surface area contributed by atoms with Crippen LogP contribution in [0.2, 0.25) is 0 Å². The lowest BCUT2D eigenvalue weighted by atomic mass is 10.1. The van der Waals surface area contributed by atoms with E-state index >= 15 is 0 Å². The van der Waals surface area contributed by atoms with E-state index < -0.39 is 0 Å². The van der Waals surface area contributed by atoms with Crippen molar-refractivity contribution in [1.82, 2.24) is 9.88 Å². The van der Waals surface area contributed by atoms with Crippen LogP contribution in [-0.4, -0.2) is 23.0 Å². The summed E-state index contributed by atoms with van der Waals surface area (Å²) in [4.78, 5) is 7.07. The number of fused-ring (bicyclic) bond motifs is 1. The highest BCUT2D eigenvalue weighted by molar-refractivity contribution is 5.90. The third-order valence-corrected chi connectivity index (χ3v) is 3.17. The quantitative estimate of drug-likeness (QED) is 0.877. The number of anilines is 1. The van der Waals surface area contributed by atoms with Crippen LogP contribution in [0.4, 0.5) is 5.69 Å². The highest BCUT2D eigenvalue weighted by Gasteiger charge is 2.06. The molecule has 1 aromatic heterocycles. The standard InChI is InChI=1S/C15H21N3/c1-3-9-18(4-2)11-12-10-14(16)13-7-5-6-8-15(13)17-12/h5-8,10H,3-4,9,11H2,1-2H3,(H2,16,17). The Morgan fingerprint density at radius 3 is 2.72 bits per heavy atom. The summed E-state index contributed by atoms with van der Waals surface area (Å²) in [6, 6.07) is 10.0. The summed E-state index contributed by atoms with van der Waals surface area (Å²) in [5, 5.41) is 1.04. The second-order valence-electron chi connectivity index (χ2n) is 4.59. The zero-order valence-electron chi connectivity index (χ0n) is 11.2. The molecule has 0 atom stereocenters. The third-order valence-electron chi connectivity index (χ3n) is 3.17. The van der Waals surface area contributed by atoms with Crippen LogP contribution in [0, 0.1) is 0 Å². The van der Waals surface area contributed by atoms with Crippen molar-refractivity contribution in [2.45, 2.75) is 26.8 Å². The van der Waals surface area contributed by atoms with E-state index in [2.05, 4.69) is 23.7 Å². The average Bonchev–Trinajstić information content (AvgIpc) is 2.38. The first-order valence-electron chi connectivity index (χ1n) is 6.61. The van der Waals surface area contributed by atoms with Gasteiger partial charge in [-0.05, 0) is 31.6 Å². The van der Waals surface area contributed by atoms with Gasteiger partial charge in [-0.3, -0.25) is 9.88 Å². The van der Waals surface area contributed by atoms with Gasteiger partial charge in [-0.1, -0.05) is 32.0 Å². The lowest BCUT2D eigenvalue weighted by Gasteiger charge is -2.19. The molecule has 0 aliphatic rings. The molecule has 0 fully saturated rings. The summed E-state index contributed by atoms with van der Waals surface area (Å²) in [5.41, 5.74) is 8.96. The number of benzene rings is 1. The van der Waals surface area contributed by atoms with Crippen LogP contribution in [0.15, 0.2) is 30.3 Å². The predicted molar refractivity (Wildman–Crippen MR) is 77.4 cm³/mol. The Balaban J connectivity index is 2.28. The van der Waals surface area contributed by atoms with Gasteiger partial charge in [-0.15, -0.1) is 0 Å². The lowest BCUT2D eigenvalue weighted by Crippen LogP contribution is -2.24. The number of nitrogens with two attached hydrogens (primary N) is 1. The van der Waals surface area contributed by atoms with Gasteiger partial charge in [0.1, 0.15) is 0 Å². The number of hydrogen-bond acceptors (Lipinski definition) is 3. The summed E-state index contributed by atoms with van der Waals surface area (Å²) in [7, 11) is 0. The first-order chi connectivity index (χ1) is 8.74. The van der Waals surface area contributed by atoms with Gasteiger partial charge in [-0.2, -0.15) is 0 Å². The number of nitrogens with zero attached hydrogens (tertiary/aromatic N) is 2. The average molecular weight is 243 g/mol. The fraction of sp³-hybridized carbons (Fsp3) is 0.400. The minimum Gasteiger partial charge on any atom is -0.398 e. The van der Waals surface area contributed by atoms with E-state index in [1.807, 2.05) is 30.3 Å². The van der Waals surface area contributed by atoms with Crippen LogP contribution >= 0.6 is 0 Å². The molecule has 2 N–H and O–H groups in total. The van der Waals surface area contributed by atoms with Gasteiger partial charge in [0.05, 0.1) is 11.2 Å². The Bertz CT molecular complexity index is 522. The summed E-state index contributed by atoms with van der Waals surface area (Å²) in [6.45, 7) is 7.40. The second-order valence-corrected chi connectivity index (χ2v) is 4.59. The highest BCUT2D eigenvalue weighted by Crippen LogP contribution is 2.20. The second kappa shape index (κ2) is 5.83. The van der Waals surface area contributed by atoms with Gasteiger partial charge in [0.2, 0.25) is 0 Å². The topological polar surface area (TPSA) is 42.1 Å². The largest absolute Gasteiger partial charge is 0.398 e. The molecule has 2 aromatic rings. The molecular weight excluding hydrogens is 222 g/mol. The van der Waals surface area contributed by atoms with E-state index in [-0.39, 0.29) is 0 Å². The molecule has 0 aliphatic heterocycles. The van der Waals surface area contributed by atoms with Crippen LogP contribution in [0.5, 0.6) is 0 Å². The number of aromatic nitrogens is 1. The Kier molecular flexibility index (Phi) is 4.15. The predicted octanol–water partition coefficient (Wildman–Crippen LogP) is 3.05. The summed E-state index contributed by atoms with van der Waals surface area (Å²) >= 11 is 0. The van der Waals surface area contributed by atoms with Crippen LogP contribution in [0.1, 0.15) is 26.0 Å². The maximum Gasteiger partial charge on any atom is 0.0726 e. The van der Waals surface area contributed by atoms with E-state index in [1.54, 1.807) is 0 Å². The molecule has 0 bridgehead atoms. The van der Waals surface area contributed by atoms with E-state index in [0.717, 1.165) is 48.3 Å². The van der Waals surface area contributed by atoms with Gasteiger partial charge >= 0.3 is 0 Å². The molecule has 0 aliphatic carbocycles. The van der Waals surface area contributed by atoms with Gasteiger partial charge in [-0.25, -0.2) is 0 Å². The highest BCUT2D eigenvalue weighted by atomic mass is 15.1. The molecule has 1 aromatic carbocycles. The van der Waals surface area contributed by atoms with Crippen LogP contribution in [0.3, 0.4) is 0 Å². The molecule has 0 spiro atoms. The maximum atomic E-state index is 6.09. The summed E-state index contributed by atoms with van der Waals surface area (Å²) in [5.74, 6) is 0. The first kappa shape index (κ1) is 12.8. The molecule has 96 valence electrons. The molecule has 1 heterocycles. The molecule has 3 nitrogen and oxygen atoms in total. The van der Waals surface area contributed by atoms with Gasteiger partial charge in [0.25, 0.3) is 0 Å². The smallest absolute Gasteiger partial charge is 0.0726 e. The fourth-order valence-corrected chi connectivity index (χ4v) is 2.23. The van der Waals surface area contributed by atoms with E-state index in [4.69, 9.17) is 5.73 Å². The molecular formula is C15H21N3. The first-order valence-corrected chi connectivity index (χ1v) is 6.61. The van der Waals surface area contributed by atoms with Crippen molar-refractivity contribution >= 4 is 16.6 Å². The SMILES string of the molecule is CCCN(CC)Cc1cc(N)c2ccccc2n1. The van der Waals surface area contributed by atoms with Gasteiger partial charge in [0.15, 0.2) is 0 Å². The minimum absolute atomic E-state index is 0.822. The minimum atomic E-state index is 0.822. The van der Waals surface area contributed by atoms with Crippen molar-refractivity contribution in [3.63, 3.8) is 0 Å². The van der Waals surface area contributed by atoms with Crippen molar-refractivity contribution in [3.05, 3.63) is 36.0 Å². The van der Waals surface area contributed by atoms with Crippen molar-refractivity contribution in [3.8, 4) is 0 Å². The maximum absolute atomic E-state index is 6.09. The Morgan fingerprint density at radius 2 is 2.00 bits per heavy atom.